The SMILES string of the molecule is CC(=O)NC(C)CC(OC(C)=O)c1ccccc1. The first-order valence-electron chi connectivity index (χ1n) is 5.98. The van der Waals surface area contributed by atoms with Gasteiger partial charge in [-0.25, -0.2) is 0 Å². The van der Waals surface area contributed by atoms with Gasteiger partial charge in [0.15, 0.2) is 0 Å². The molecule has 2 unspecified atom stereocenters. The molecular weight excluding hydrogens is 230 g/mol. The Bertz CT molecular complexity index is 403. The molecule has 0 bridgehead atoms. The molecule has 1 amide bonds. The average Bonchev–Trinajstić information content (AvgIpc) is 2.27. The highest BCUT2D eigenvalue weighted by molar-refractivity contribution is 5.73. The molecule has 0 saturated heterocycles. The number of rotatable bonds is 5. The van der Waals surface area contributed by atoms with Crippen LogP contribution in [0.2, 0.25) is 0 Å². The van der Waals surface area contributed by atoms with Crippen LogP contribution >= 0.6 is 0 Å². The van der Waals surface area contributed by atoms with Gasteiger partial charge < -0.3 is 10.1 Å². The Morgan fingerprint density at radius 1 is 1.22 bits per heavy atom. The minimum atomic E-state index is -0.328. The Balaban J connectivity index is 2.73. The van der Waals surface area contributed by atoms with Crippen molar-refractivity contribution in [2.45, 2.75) is 39.3 Å². The van der Waals surface area contributed by atoms with E-state index in [1.807, 2.05) is 37.3 Å². The average molecular weight is 249 g/mol. The molecule has 0 saturated carbocycles. The molecule has 1 aromatic carbocycles. The minimum Gasteiger partial charge on any atom is -0.458 e. The van der Waals surface area contributed by atoms with Crippen LogP contribution in [-0.4, -0.2) is 17.9 Å². The monoisotopic (exact) mass is 249 g/mol. The molecule has 1 rings (SSSR count). The van der Waals surface area contributed by atoms with Gasteiger partial charge in [-0.15, -0.1) is 0 Å². The lowest BCUT2D eigenvalue weighted by atomic mass is 10.0. The number of hydrogen-bond acceptors (Lipinski definition) is 3. The van der Waals surface area contributed by atoms with E-state index >= 15 is 0 Å². The highest BCUT2D eigenvalue weighted by Gasteiger charge is 2.18. The fraction of sp³-hybridized carbons (Fsp3) is 0.429. The van der Waals surface area contributed by atoms with E-state index in [4.69, 9.17) is 4.74 Å². The van der Waals surface area contributed by atoms with Crippen molar-refractivity contribution in [3.8, 4) is 0 Å². The Kier molecular flexibility index (Phi) is 5.36. The second kappa shape index (κ2) is 6.79. The number of esters is 1. The van der Waals surface area contributed by atoms with Crippen molar-refractivity contribution in [2.75, 3.05) is 0 Å². The van der Waals surface area contributed by atoms with Crippen LogP contribution < -0.4 is 5.32 Å². The van der Waals surface area contributed by atoms with Gasteiger partial charge in [-0.1, -0.05) is 30.3 Å². The summed E-state index contributed by atoms with van der Waals surface area (Å²) in [6.45, 7) is 4.75. The van der Waals surface area contributed by atoms with E-state index in [0.29, 0.717) is 6.42 Å². The lowest BCUT2D eigenvalue weighted by Crippen LogP contribution is -2.32. The van der Waals surface area contributed by atoms with Gasteiger partial charge in [0.05, 0.1) is 0 Å². The first kappa shape index (κ1) is 14.2. The number of nitrogens with one attached hydrogen (secondary N) is 1. The van der Waals surface area contributed by atoms with Gasteiger partial charge in [0.25, 0.3) is 0 Å². The summed E-state index contributed by atoms with van der Waals surface area (Å²) in [5, 5.41) is 2.79. The molecule has 0 aromatic heterocycles. The van der Waals surface area contributed by atoms with Crippen molar-refractivity contribution in [1.82, 2.24) is 5.32 Å². The van der Waals surface area contributed by atoms with Crippen LogP contribution in [0, 0.1) is 0 Å². The van der Waals surface area contributed by atoms with Crippen molar-refractivity contribution in [3.63, 3.8) is 0 Å². The standard InChI is InChI=1S/C14H19NO3/c1-10(15-11(2)16)9-14(18-12(3)17)13-7-5-4-6-8-13/h4-8,10,14H,9H2,1-3H3,(H,15,16). The predicted octanol–water partition coefficient (Wildman–Crippen LogP) is 2.21. The van der Waals surface area contributed by atoms with Crippen molar-refractivity contribution in [3.05, 3.63) is 35.9 Å². The van der Waals surface area contributed by atoms with Crippen molar-refractivity contribution < 1.29 is 14.3 Å². The first-order valence-corrected chi connectivity index (χ1v) is 5.98. The highest BCUT2D eigenvalue weighted by Crippen LogP contribution is 2.22. The van der Waals surface area contributed by atoms with Gasteiger partial charge >= 0.3 is 5.97 Å². The summed E-state index contributed by atoms with van der Waals surface area (Å²) in [6.07, 6.45) is 0.231. The Morgan fingerprint density at radius 3 is 2.33 bits per heavy atom. The molecule has 0 radical (unpaired) electrons. The minimum absolute atomic E-state index is 0.0490. The van der Waals surface area contributed by atoms with Crippen LogP contribution in [0.1, 0.15) is 38.9 Å². The van der Waals surface area contributed by atoms with E-state index in [2.05, 4.69) is 5.32 Å². The Morgan fingerprint density at radius 2 is 1.83 bits per heavy atom. The van der Waals surface area contributed by atoms with E-state index < -0.39 is 0 Å². The van der Waals surface area contributed by atoms with Crippen LogP contribution in [0.3, 0.4) is 0 Å². The Labute approximate surface area is 107 Å². The second-order valence-corrected chi connectivity index (χ2v) is 4.35. The van der Waals surface area contributed by atoms with Crippen LogP contribution in [0.5, 0.6) is 0 Å². The molecule has 1 aromatic rings. The quantitative estimate of drug-likeness (QED) is 0.814. The summed E-state index contributed by atoms with van der Waals surface area (Å²) in [7, 11) is 0. The summed E-state index contributed by atoms with van der Waals surface area (Å²) in [4.78, 5) is 22.1. The molecule has 0 heterocycles. The van der Waals surface area contributed by atoms with Crippen molar-refractivity contribution in [1.29, 1.82) is 0 Å². The molecule has 4 nitrogen and oxygen atoms in total. The van der Waals surface area contributed by atoms with Gasteiger partial charge in [0, 0.05) is 26.3 Å². The number of carbonyl (C=O) groups is 2. The second-order valence-electron chi connectivity index (χ2n) is 4.35. The zero-order valence-electron chi connectivity index (χ0n) is 11.0. The van der Waals surface area contributed by atoms with Crippen molar-refractivity contribution in [2.24, 2.45) is 0 Å². The maximum Gasteiger partial charge on any atom is 0.303 e. The molecule has 4 heteroatoms. The lowest BCUT2D eigenvalue weighted by molar-refractivity contribution is -0.147. The van der Waals surface area contributed by atoms with E-state index in [1.54, 1.807) is 0 Å². The fourth-order valence-electron chi connectivity index (χ4n) is 1.85. The molecule has 1 N–H and O–H groups in total. The third-order valence-electron chi connectivity index (χ3n) is 2.50. The molecule has 18 heavy (non-hydrogen) atoms. The lowest BCUT2D eigenvalue weighted by Gasteiger charge is -2.21. The van der Waals surface area contributed by atoms with Gasteiger partial charge in [-0.05, 0) is 12.5 Å². The van der Waals surface area contributed by atoms with Gasteiger partial charge in [-0.2, -0.15) is 0 Å². The molecular formula is C14H19NO3. The number of benzene rings is 1. The summed E-state index contributed by atoms with van der Waals surface area (Å²) in [5.74, 6) is -0.406. The first-order chi connectivity index (χ1) is 8.49. The van der Waals surface area contributed by atoms with Crippen LogP contribution in [-0.2, 0) is 14.3 Å². The van der Waals surface area contributed by atoms with E-state index in [-0.39, 0.29) is 24.0 Å². The summed E-state index contributed by atoms with van der Waals surface area (Å²) < 4.78 is 5.30. The Hall–Kier alpha value is -1.84. The maximum atomic E-state index is 11.1. The molecule has 98 valence electrons. The van der Waals surface area contributed by atoms with Gasteiger partial charge in [0.2, 0.25) is 5.91 Å². The molecule has 0 fully saturated rings. The van der Waals surface area contributed by atoms with E-state index in [9.17, 15) is 9.59 Å². The predicted molar refractivity (Wildman–Crippen MR) is 68.8 cm³/mol. The van der Waals surface area contributed by atoms with Gasteiger partial charge in [-0.3, -0.25) is 9.59 Å². The third-order valence-corrected chi connectivity index (χ3v) is 2.50. The number of ether oxygens (including phenoxy) is 1. The summed E-state index contributed by atoms with van der Waals surface area (Å²) in [5.41, 5.74) is 0.935. The normalized spacial score (nSPS) is 13.5. The maximum absolute atomic E-state index is 11.1. The van der Waals surface area contributed by atoms with E-state index in [1.165, 1.54) is 13.8 Å². The molecule has 0 aliphatic carbocycles. The van der Waals surface area contributed by atoms with Crippen LogP contribution in [0.4, 0.5) is 0 Å². The van der Waals surface area contributed by atoms with Crippen LogP contribution in [0.15, 0.2) is 30.3 Å². The molecule has 0 aliphatic heterocycles. The highest BCUT2D eigenvalue weighted by atomic mass is 16.5. The van der Waals surface area contributed by atoms with Crippen LogP contribution in [0.25, 0.3) is 0 Å². The fourth-order valence-corrected chi connectivity index (χ4v) is 1.85. The topological polar surface area (TPSA) is 55.4 Å². The smallest absolute Gasteiger partial charge is 0.303 e. The molecule has 0 aliphatic rings. The van der Waals surface area contributed by atoms with Crippen molar-refractivity contribution >= 4 is 11.9 Å². The van der Waals surface area contributed by atoms with Gasteiger partial charge in [0.1, 0.15) is 6.10 Å². The number of carbonyl (C=O) groups excluding carboxylic acids is 2. The zero-order chi connectivity index (χ0) is 13.5. The number of hydrogen-bond donors (Lipinski definition) is 1. The molecule has 0 spiro atoms. The number of amides is 1. The summed E-state index contributed by atoms with van der Waals surface area (Å²) in [6, 6.07) is 9.48. The third kappa shape index (κ3) is 4.99. The summed E-state index contributed by atoms with van der Waals surface area (Å²) >= 11 is 0. The van der Waals surface area contributed by atoms with E-state index in [0.717, 1.165) is 5.56 Å². The largest absolute Gasteiger partial charge is 0.458 e. The molecule has 2 atom stereocenters. The zero-order valence-corrected chi connectivity index (χ0v) is 11.0.